The minimum Gasteiger partial charge on any atom is -0.440 e. The van der Waals surface area contributed by atoms with Gasteiger partial charge in [-0.1, -0.05) is 12.2 Å². The predicted molar refractivity (Wildman–Crippen MR) is 80.2 cm³/mol. The molecule has 2 fully saturated rings. The van der Waals surface area contributed by atoms with Gasteiger partial charge in [0, 0.05) is 20.2 Å². The highest BCUT2D eigenvalue weighted by molar-refractivity contribution is 6.06. The third kappa shape index (κ3) is 1.76. The third-order valence-electron chi connectivity index (χ3n) is 4.80. The molecule has 2 amide bonds. The van der Waals surface area contributed by atoms with Crippen LogP contribution in [0, 0.1) is 23.7 Å². The second-order valence-corrected chi connectivity index (χ2v) is 6.30. The topological polar surface area (TPSA) is 66.1 Å². The zero-order valence-electron chi connectivity index (χ0n) is 12.5. The van der Waals surface area contributed by atoms with E-state index in [9.17, 15) is 9.59 Å². The molecule has 0 N–H and O–H groups in total. The summed E-state index contributed by atoms with van der Waals surface area (Å²) in [6.07, 6.45) is 6.49. The second-order valence-electron chi connectivity index (χ2n) is 6.30. The highest BCUT2D eigenvalue weighted by Crippen LogP contribution is 2.52. The fourth-order valence-corrected chi connectivity index (χ4v) is 3.77. The number of fused-ring (bicyclic) bond motifs is 5. The zero-order chi connectivity index (χ0) is 15.4. The Morgan fingerprint density at radius 1 is 1.18 bits per heavy atom. The lowest BCUT2D eigenvalue weighted by molar-refractivity contribution is -0.140. The van der Waals surface area contributed by atoms with E-state index in [1.54, 1.807) is 6.07 Å². The number of anilines is 1. The van der Waals surface area contributed by atoms with Gasteiger partial charge in [0.05, 0.1) is 18.1 Å². The van der Waals surface area contributed by atoms with Gasteiger partial charge < -0.3 is 9.32 Å². The van der Waals surface area contributed by atoms with Gasteiger partial charge >= 0.3 is 0 Å². The van der Waals surface area contributed by atoms with Gasteiger partial charge in [-0.3, -0.25) is 9.59 Å². The molecule has 114 valence electrons. The van der Waals surface area contributed by atoms with Gasteiger partial charge in [-0.25, -0.2) is 0 Å². The van der Waals surface area contributed by atoms with Crippen molar-refractivity contribution in [3.8, 4) is 0 Å². The van der Waals surface area contributed by atoms with Crippen molar-refractivity contribution >= 4 is 23.9 Å². The Bertz CT molecular complexity index is 673. The minimum absolute atomic E-state index is 0.178. The number of amides is 2. The van der Waals surface area contributed by atoms with Crippen molar-refractivity contribution in [1.82, 2.24) is 5.01 Å². The molecule has 2 aliphatic carbocycles. The molecule has 22 heavy (non-hydrogen) atoms. The Kier molecular flexibility index (Phi) is 2.76. The van der Waals surface area contributed by atoms with Crippen LogP contribution in [-0.2, 0) is 9.59 Å². The smallest absolute Gasteiger partial charge is 0.254 e. The maximum atomic E-state index is 12.4. The van der Waals surface area contributed by atoms with Crippen molar-refractivity contribution in [2.24, 2.45) is 28.8 Å². The minimum atomic E-state index is -0.214. The maximum absolute atomic E-state index is 12.4. The second kappa shape index (κ2) is 4.56. The van der Waals surface area contributed by atoms with E-state index in [-0.39, 0.29) is 35.5 Å². The highest BCUT2D eigenvalue weighted by Gasteiger charge is 2.59. The molecule has 1 aliphatic heterocycles. The zero-order valence-corrected chi connectivity index (χ0v) is 12.5. The molecule has 0 aromatic carbocycles. The molecule has 1 aromatic heterocycles. The van der Waals surface area contributed by atoms with Crippen molar-refractivity contribution in [2.45, 2.75) is 6.42 Å². The van der Waals surface area contributed by atoms with Gasteiger partial charge in [-0.15, -0.1) is 0 Å². The molecule has 1 saturated heterocycles. The largest absolute Gasteiger partial charge is 0.440 e. The van der Waals surface area contributed by atoms with Gasteiger partial charge in [0.2, 0.25) is 0 Å². The average Bonchev–Trinajstić information content (AvgIpc) is 3.23. The van der Waals surface area contributed by atoms with E-state index < -0.39 is 0 Å². The van der Waals surface area contributed by atoms with Crippen LogP contribution in [0.5, 0.6) is 0 Å². The Morgan fingerprint density at radius 3 is 2.36 bits per heavy atom. The standard InChI is InChI=1S/C16H17N3O3/c1-18(2)12-6-5-11(22-12)8-17-19-15(20)13-9-3-4-10(7-9)14(13)16(19)21/h3-6,8-10,13-14H,7H2,1-2H3/b17-8-/t9-,10-,13-,14-/m0/s1. The summed E-state index contributed by atoms with van der Waals surface area (Å²) in [6, 6.07) is 3.57. The van der Waals surface area contributed by atoms with Gasteiger partial charge in [0.1, 0.15) is 5.76 Å². The molecule has 2 bridgehead atoms. The summed E-state index contributed by atoms with van der Waals surface area (Å²) >= 11 is 0. The Morgan fingerprint density at radius 2 is 1.82 bits per heavy atom. The van der Waals surface area contributed by atoms with Crippen LogP contribution in [0.1, 0.15) is 12.2 Å². The summed E-state index contributed by atoms with van der Waals surface area (Å²) < 4.78 is 5.54. The van der Waals surface area contributed by atoms with Crippen LogP contribution in [0.25, 0.3) is 0 Å². The van der Waals surface area contributed by atoms with Crippen molar-refractivity contribution < 1.29 is 14.0 Å². The summed E-state index contributed by atoms with van der Waals surface area (Å²) in [7, 11) is 3.74. The van der Waals surface area contributed by atoms with Crippen molar-refractivity contribution in [3.63, 3.8) is 0 Å². The van der Waals surface area contributed by atoms with Crippen LogP contribution in [0.4, 0.5) is 5.88 Å². The number of hydrazone groups is 1. The lowest BCUT2D eigenvalue weighted by Crippen LogP contribution is -2.28. The third-order valence-corrected chi connectivity index (χ3v) is 4.80. The van der Waals surface area contributed by atoms with Crippen molar-refractivity contribution in [3.05, 3.63) is 30.0 Å². The van der Waals surface area contributed by atoms with Crippen molar-refractivity contribution in [1.29, 1.82) is 0 Å². The van der Waals surface area contributed by atoms with Gasteiger partial charge in [-0.05, 0) is 24.3 Å². The number of hydrogen-bond acceptors (Lipinski definition) is 5. The molecule has 4 atom stereocenters. The molecular formula is C16H17N3O3. The summed E-state index contributed by atoms with van der Waals surface area (Å²) in [5.41, 5.74) is 0. The molecule has 4 rings (SSSR count). The molecule has 1 saturated carbocycles. The fourth-order valence-electron chi connectivity index (χ4n) is 3.77. The van der Waals surface area contributed by atoms with Crippen molar-refractivity contribution in [2.75, 3.05) is 19.0 Å². The van der Waals surface area contributed by atoms with Crippen LogP contribution in [0.15, 0.2) is 33.8 Å². The maximum Gasteiger partial charge on any atom is 0.254 e. The highest BCUT2D eigenvalue weighted by atomic mass is 16.4. The molecule has 6 heteroatoms. The molecule has 1 aromatic rings. The predicted octanol–water partition coefficient (Wildman–Crippen LogP) is 1.49. The number of carbonyl (C=O) groups is 2. The van der Waals surface area contributed by atoms with E-state index in [0.717, 1.165) is 11.4 Å². The number of rotatable bonds is 3. The number of nitrogens with zero attached hydrogens (tertiary/aromatic N) is 3. The molecule has 2 heterocycles. The van der Waals surface area contributed by atoms with E-state index in [0.29, 0.717) is 11.6 Å². The molecule has 3 aliphatic rings. The molecular weight excluding hydrogens is 282 g/mol. The van der Waals surface area contributed by atoms with Gasteiger partial charge in [0.15, 0.2) is 5.88 Å². The summed E-state index contributed by atoms with van der Waals surface area (Å²) in [4.78, 5) is 26.7. The van der Waals surface area contributed by atoms with E-state index in [1.807, 2.05) is 25.1 Å². The van der Waals surface area contributed by atoms with E-state index in [2.05, 4.69) is 17.3 Å². The van der Waals surface area contributed by atoms with E-state index in [1.165, 1.54) is 6.21 Å². The first-order valence-corrected chi connectivity index (χ1v) is 7.43. The number of allylic oxidation sites excluding steroid dienone is 2. The summed E-state index contributed by atoms with van der Waals surface area (Å²) in [6.45, 7) is 0. The number of imide groups is 1. The molecule has 6 nitrogen and oxygen atoms in total. The Labute approximate surface area is 128 Å². The lowest BCUT2D eigenvalue weighted by atomic mass is 9.85. The quantitative estimate of drug-likeness (QED) is 0.482. The normalized spacial score (nSPS) is 32.5. The Balaban J connectivity index is 1.55. The molecule has 0 radical (unpaired) electrons. The fraction of sp³-hybridized carbons (Fsp3) is 0.438. The van der Waals surface area contributed by atoms with Crippen LogP contribution in [0.2, 0.25) is 0 Å². The van der Waals surface area contributed by atoms with Crippen LogP contribution in [-0.4, -0.2) is 37.1 Å². The van der Waals surface area contributed by atoms with E-state index >= 15 is 0 Å². The van der Waals surface area contributed by atoms with Gasteiger partial charge in [0.25, 0.3) is 11.8 Å². The van der Waals surface area contributed by atoms with Crippen LogP contribution >= 0.6 is 0 Å². The van der Waals surface area contributed by atoms with Crippen LogP contribution in [0.3, 0.4) is 0 Å². The lowest BCUT2D eigenvalue weighted by Gasteiger charge is -2.13. The summed E-state index contributed by atoms with van der Waals surface area (Å²) in [5.74, 6) is 0.834. The first kappa shape index (κ1) is 13.3. The molecule has 0 spiro atoms. The first-order chi connectivity index (χ1) is 10.6. The SMILES string of the molecule is CN(C)c1ccc(/C=N\N2C(=O)[C@@H]3[C@@H](C2=O)[C@H]2C=C[C@H]3C2)o1. The summed E-state index contributed by atoms with van der Waals surface area (Å²) in [5, 5.41) is 5.10. The van der Waals surface area contributed by atoms with Crippen LogP contribution < -0.4 is 4.90 Å². The first-order valence-electron chi connectivity index (χ1n) is 7.43. The number of furan rings is 1. The van der Waals surface area contributed by atoms with Gasteiger partial charge in [-0.2, -0.15) is 10.1 Å². The monoisotopic (exact) mass is 299 g/mol. The number of carbonyl (C=O) groups excluding carboxylic acids is 2. The van der Waals surface area contributed by atoms with E-state index in [4.69, 9.17) is 4.42 Å². The Hall–Kier alpha value is -2.37. The average molecular weight is 299 g/mol. The molecule has 0 unspecified atom stereocenters. The number of hydrogen-bond donors (Lipinski definition) is 0.